The van der Waals surface area contributed by atoms with Gasteiger partial charge in [-0.3, -0.25) is 4.79 Å². The first kappa shape index (κ1) is 24.6. The van der Waals surface area contributed by atoms with Crippen LogP contribution in [0.3, 0.4) is 0 Å². The molecular weight excluding hydrogens is 448 g/mol. The van der Waals surface area contributed by atoms with Crippen LogP contribution in [-0.4, -0.2) is 63.4 Å². The highest BCUT2D eigenvalue weighted by atomic mass is 35.5. The number of anilines is 1. The number of hydrogen-bond acceptors (Lipinski definition) is 6. The van der Waals surface area contributed by atoms with Gasteiger partial charge in [0.1, 0.15) is 11.3 Å². The van der Waals surface area contributed by atoms with Crippen molar-refractivity contribution in [2.75, 3.05) is 37.6 Å². The Labute approximate surface area is 207 Å². The molecule has 3 aromatic rings. The summed E-state index contributed by atoms with van der Waals surface area (Å²) in [6.07, 6.45) is 3.49. The maximum atomic E-state index is 13.0. The Bertz CT molecular complexity index is 1140. The van der Waals surface area contributed by atoms with Gasteiger partial charge >= 0.3 is 0 Å². The summed E-state index contributed by atoms with van der Waals surface area (Å²) in [6.45, 7) is 13.0. The van der Waals surface area contributed by atoms with Crippen LogP contribution in [0.5, 0.6) is 0 Å². The van der Waals surface area contributed by atoms with Crippen molar-refractivity contribution in [2.45, 2.75) is 53.4 Å². The third kappa shape index (κ3) is 5.10. The Kier molecular flexibility index (Phi) is 7.84. The van der Waals surface area contributed by atoms with E-state index in [0.29, 0.717) is 23.8 Å². The third-order valence-electron chi connectivity index (χ3n) is 7.02. The number of piperidine rings is 1. The molecule has 0 radical (unpaired) electrons. The minimum Gasteiger partial charge on any atom is -0.353 e. The van der Waals surface area contributed by atoms with Crippen LogP contribution in [0.1, 0.15) is 50.9 Å². The summed E-state index contributed by atoms with van der Waals surface area (Å²) in [4.78, 5) is 17.6. The number of rotatable bonds is 9. The van der Waals surface area contributed by atoms with Gasteiger partial charge in [0.05, 0.1) is 22.5 Å². The van der Waals surface area contributed by atoms with Crippen LogP contribution in [0.25, 0.3) is 16.6 Å². The van der Waals surface area contributed by atoms with Crippen molar-refractivity contribution in [3.8, 4) is 5.69 Å². The molecule has 0 saturated carbocycles. The number of carbonyl (C=O) groups is 1. The molecule has 1 aliphatic heterocycles. The van der Waals surface area contributed by atoms with Crippen molar-refractivity contribution in [3.05, 3.63) is 40.7 Å². The fourth-order valence-electron chi connectivity index (χ4n) is 5.01. The van der Waals surface area contributed by atoms with Gasteiger partial charge < -0.3 is 9.80 Å². The number of nitrogens with zero attached hydrogens (tertiary/aromatic N) is 6. The number of aromatic nitrogens is 4. The predicted molar refractivity (Wildman–Crippen MR) is 138 cm³/mol. The lowest BCUT2D eigenvalue weighted by Gasteiger charge is -2.32. The molecule has 2 aromatic heterocycles. The first-order valence-electron chi connectivity index (χ1n) is 12.4. The van der Waals surface area contributed by atoms with E-state index in [0.717, 1.165) is 79.2 Å². The van der Waals surface area contributed by atoms with Crippen LogP contribution in [0, 0.1) is 19.8 Å². The molecule has 34 heavy (non-hydrogen) atoms. The van der Waals surface area contributed by atoms with E-state index >= 15 is 0 Å². The summed E-state index contributed by atoms with van der Waals surface area (Å²) in [7, 11) is 0. The quantitative estimate of drug-likeness (QED) is 0.428. The van der Waals surface area contributed by atoms with E-state index < -0.39 is 0 Å². The zero-order valence-corrected chi connectivity index (χ0v) is 21.5. The molecule has 1 aliphatic rings. The normalized spacial score (nSPS) is 16.5. The Hall–Kier alpha value is -2.51. The molecule has 1 atom stereocenters. The Morgan fingerprint density at radius 1 is 1.15 bits per heavy atom. The van der Waals surface area contributed by atoms with E-state index in [1.165, 1.54) is 0 Å². The molecule has 3 heterocycles. The zero-order valence-electron chi connectivity index (χ0n) is 20.7. The lowest BCUT2D eigenvalue weighted by molar-refractivity contribution is -0.123. The van der Waals surface area contributed by atoms with Crippen LogP contribution in [0.4, 0.5) is 5.82 Å². The fourth-order valence-corrected chi connectivity index (χ4v) is 5.14. The molecule has 0 N–H and O–H groups in total. The molecule has 1 unspecified atom stereocenters. The van der Waals surface area contributed by atoms with Gasteiger partial charge in [0.25, 0.3) is 0 Å². The number of Topliss-reactive ketones (excluding diaryl/α,β-unsaturated/α-hetero) is 1. The summed E-state index contributed by atoms with van der Waals surface area (Å²) in [5, 5.41) is 15.7. The van der Waals surface area contributed by atoms with Crippen molar-refractivity contribution in [1.82, 2.24) is 24.9 Å². The van der Waals surface area contributed by atoms with Gasteiger partial charge in [0.2, 0.25) is 0 Å². The zero-order chi connectivity index (χ0) is 24.2. The minimum absolute atomic E-state index is 0.0445. The van der Waals surface area contributed by atoms with Crippen LogP contribution >= 0.6 is 11.6 Å². The SMILES string of the molecule is CCN(CC)CCCC(=O)C1CCCN(c2nnc(C)c3c(C)n(-c4ccc(Cl)cc4)nc23)C1. The lowest BCUT2D eigenvalue weighted by atomic mass is 9.91. The molecule has 0 amide bonds. The van der Waals surface area contributed by atoms with Crippen LogP contribution < -0.4 is 4.90 Å². The molecule has 0 spiro atoms. The number of ketones is 1. The number of hydrogen-bond donors (Lipinski definition) is 0. The Morgan fingerprint density at radius 2 is 1.88 bits per heavy atom. The monoisotopic (exact) mass is 482 g/mol. The van der Waals surface area contributed by atoms with Gasteiger partial charge in [-0.1, -0.05) is 25.4 Å². The largest absolute Gasteiger partial charge is 0.353 e. The highest BCUT2D eigenvalue weighted by Crippen LogP contribution is 2.32. The van der Waals surface area contributed by atoms with Crippen molar-refractivity contribution in [2.24, 2.45) is 5.92 Å². The number of fused-ring (bicyclic) bond motifs is 1. The summed E-state index contributed by atoms with van der Waals surface area (Å²) in [6, 6.07) is 7.66. The van der Waals surface area contributed by atoms with Crippen molar-refractivity contribution >= 4 is 34.1 Å². The average molecular weight is 483 g/mol. The highest BCUT2D eigenvalue weighted by Gasteiger charge is 2.29. The smallest absolute Gasteiger partial charge is 0.179 e. The molecule has 8 heteroatoms. The molecule has 1 aromatic carbocycles. The Morgan fingerprint density at radius 3 is 2.59 bits per heavy atom. The molecular formula is C26H35ClN6O. The minimum atomic E-state index is 0.0445. The number of carbonyl (C=O) groups excluding carboxylic acids is 1. The second-order valence-corrected chi connectivity index (χ2v) is 9.62. The fraction of sp³-hybridized carbons (Fsp3) is 0.538. The number of benzene rings is 1. The highest BCUT2D eigenvalue weighted by molar-refractivity contribution is 6.30. The van der Waals surface area contributed by atoms with Crippen LogP contribution in [0.15, 0.2) is 24.3 Å². The number of aryl methyl sites for hydroxylation is 2. The maximum Gasteiger partial charge on any atom is 0.179 e. The Balaban J connectivity index is 1.56. The van der Waals surface area contributed by atoms with Crippen molar-refractivity contribution in [3.63, 3.8) is 0 Å². The van der Waals surface area contributed by atoms with E-state index in [1.54, 1.807) is 0 Å². The van der Waals surface area contributed by atoms with Gasteiger partial charge in [0, 0.05) is 30.5 Å². The topological polar surface area (TPSA) is 67.2 Å². The average Bonchev–Trinajstić information content (AvgIpc) is 3.20. The van der Waals surface area contributed by atoms with E-state index in [1.807, 2.05) is 35.9 Å². The maximum absolute atomic E-state index is 13.0. The molecule has 1 saturated heterocycles. The molecule has 4 rings (SSSR count). The van der Waals surface area contributed by atoms with Gasteiger partial charge in [-0.15, -0.1) is 5.10 Å². The van der Waals surface area contributed by atoms with Crippen LogP contribution in [0.2, 0.25) is 5.02 Å². The molecule has 0 bridgehead atoms. The van der Waals surface area contributed by atoms with Gasteiger partial charge in [-0.05, 0) is 77.0 Å². The van der Waals surface area contributed by atoms with Gasteiger partial charge in [-0.25, -0.2) is 4.68 Å². The van der Waals surface area contributed by atoms with Crippen molar-refractivity contribution < 1.29 is 4.79 Å². The molecule has 1 fully saturated rings. The van der Waals surface area contributed by atoms with E-state index in [2.05, 4.69) is 40.8 Å². The summed E-state index contributed by atoms with van der Waals surface area (Å²) < 4.78 is 1.93. The first-order valence-corrected chi connectivity index (χ1v) is 12.8. The van der Waals surface area contributed by atoms with Gasteiger partial charge in [0.15, 0.2) is 5.82 Å². The van der Waals surface area contributed by atoms with Crippen LogP contribution in [-0.2, 0) is 4.79 Å². The standard InChI is InChI=1S/C26H35ClN6O/c1-5-31(6-2)15-8-10-23(34)20-9-7-16-32(17-20)26-25-24(18(3)28-29-26)19(4)33(30-25)22-13-11-21(27)12-14-22/h11-14,20H,5-10,15-17H2,1-4H3. The van der Waals surface area contributed by atoms with Gasteiger partial charge in [-0.2, -0.15) is 10.2 Å². The third-order valence-corrected chi connectivity index (χ3v) is 7.28. The lowest BCUT2D eigenvalue weighted by Crippen LogP contribution is -2.39. The molecule has 7 nitrogen and oxygen atoms in total. The van der Waals surface area contributed by atoms with E-state index in [4.69, 9.17) is 16.7 Å². The first-order chi connectivity index (χ1) is 16.4. The second kappa shape index (κ2) is 10.8. The summed E-state index contributed by atoms with van der Waals surface area (Å²) >= 11 is 6.08. The second-order valence-electron chi connectivity index (χ2n) is 9.19. The molecule has 0 aliphatic carbocycles. The van der Waals surface area contributed by atoms with E-state index in [9.17, 15) is 4.79 Å². The summed E-state index contributed by atoms with van der Waals surface area (Å²) in [5.41, 5.74) is 3.67. The predicted octanol–water partition coefficient (Wildman–Crippen LogP) is 4.99. The molecule has 182 valence electrons. The van der Waals surface area contributed by atoms with E-state index in [-0.39, 0.29) is 5.92 Å². The summed E-state index contributed by atoms with van der Waals surface area (Å²) in [5.74, 6) is 1.19. The van der Waals surface area contributed by atoms with Crippen molar-refractivity contribution in [1.29, 1.82) is 0 Å². The number of halogens is 1.